The van der Waals surface area contributed by atoms with Gasteiger partial charge >= 0.3 is 0 Å². The summed E-state index contributed by atoms with van der Waals surface area (Å²) in [5.74, 6) is -1.84. The molecule has 154 valence electrons. The van der Waals surface area contributed by atoms with Gasteiger partial charge in [0.1, 0.15) is 5.82 Å². The van der Waals surface area contributed by atoms with Crippen LogP contribution in [0.3, 0.4) is 0 Å². The third-order valence-electron chi connectivity index (χ3n) is 4.54. The average molecular weight is 421 g/mol. The van der Waals surface area contributed by atoms with Gasteiger partial charge in [-0.2, -0.15) is 0 Å². The van der Waals surface area contributed by atoms with Crippen LogP contribution in [-0.2, 0) is 19.6 Å². The maximum Gasteiger partial charge on any atom is 0.262 e. The van der Waals surface area contributed by atoms with Gasteiger partial charge in [0, 0.05) is 12.1 Å². The van der Waals surface area contributed by atoms with Crippen LogP contribution in [0.5, 0.6) is 0 Å². The van der Waals surface area contributed by atoms with Crippen LogP contribution in [-0.4, -0.2) is 50.9 Å². The van der Waals surface area contributed by atoms with E-state index in [1.54, 1.807) is 6.92 Å². The van der Waals surface area contributed by atoms with Gasteiger partial charge in [-0.3, -0.25) is 14.3 Å². The standard InChI is InChI=1S/C19H20FN3O5S/c1-12-6-7-13(29(26,27)22-16-5-3-2-4-15(16)20)10-14(12)19(25)23-8-9-28-17(11-23)18(21)24/h2-7,10,17,22H,8-9,11H2,1H3,(H2,21,24). The molecule has 0 radical (unpaired) electrons. The van der Waals surface area contributed by atoms with Gasteiger partial charge in [0.15, 0.2) is 6.10 Å². The molecule has 0 aromatic heterocycles. The van der Waals surface area contributed by atoms with Gasteiger partial charge in [0.2, 0.25) is 5.91 Å². The molecule has 3 rings (SSSR count). The molecule has 1 heterocycles. The number of sulfonamides is 1. The number of nitrogens with zero attached hydrogens (tertiary/aromatic N) is 1. The second kappa shape index (κ2) is 8.18. The molecule has 10 heteroatoms. The van der Waals surface area contributed by atoms with E-state index in [2.05, 4.69) is 4.72 Å². The molecule has 2 aromatic carbocycles. The van der Waals surface area contributed by atoms with Crippen molar-refractivity contribution in [1.29, 1.82) is 0 Å². The minimum Gasteiger partial charge on any atom is -0.367 e. The first kappa shape index (κ1) is 20.7. The van der Waals surface area contributed by atoms with E-state index in [9.17, 15) is 22.4 Å². The molecule has 2 aromatic rings. The SMILES string of the molecule is Cc1ccc(S(=O)(=O)Nc2ccccc2F)cc1C(=O)N1CCOC(C(N)=O)C1. The third-order valence-corrected chi connectivity index (χ3v) is 5.90. The number of hydrogen-bond acceptors (Lipinski definition) is 5. The predicted octanol–water partition coefficient (Wildman–Crippen LogP) is 1.26. The maximum atomic E-state index is 13.8. The summed E-state index contributed by atoms with van der Waals surface area (Å²) in [5.41, 5.74) is 5.77. The molecule has 1 aliphatic heterocycles. The van der Waals surface area contributed by atoms with Gasteiger partial charge < -0.3 is 15.4 Å². The van der Waals surface area contributed by atoms with Gasteiger partial charge in [-0.1, -0.05) is 18.2 Å². The zero-order chi connectivity index (χ0) is 21.2. The van der Waals surface area contributed by atoms with Crippen LogP contribution < -0.4 is 10.5 Å². The maximum absolute atomic E-state index is 13.8. The fourth-order valence-electron chi connectivity index (χ4n) is 2.92. The molecule has 3 N–H and O–H groups in total. The van der Waals surface area contributed by atoms with Crippen molar-refractivity contribution in [3.63, 3.8) is 0 Å². The molecule has 8 nitrogen and oxygen atoms in total. The topological polar surface area (TPSA) is 119 Å². The molecule has 1 atom stereocenters. The first-order chi connectivity index (χ1) is 13.7. The lowest BCUT2D eigenvalue weighted by atomic mass is 10.1. The summed E-state index contributed by atoms with van der Waals surface area (Å²) < 4.78 is 46.6. The number of aryl methyl sites for hydroxylation is 1. The van der Waals surface area contributed by atoms with Gasteiger partial charge in [-0.15, -0.1) is 0 Å². The number of amides is 2. The number of nitrogens with one attached hydrogen (secondary N) is 1. The Kier molecular flexibility index (Phi) is 5.85. The average Bonchev–Trinajstić information content (AvgIpc) is 2.69. The molecule has 29 heavy (non-hydrogen) atoms. The Bertz CT molecular complexity index is 1060. The fraction of sp³-hybridized carbons (Fsp3) is 0.263. The summed E-state index contributed by atoms with van der Waals surface area (Å²) in [6.45, 7) is 2.04. The van der Waals surface area contributed by atoms with Crippen LogP contribution in [0, 0.1) is 12.7 Å². The fourth-order valence-corrected chi connectivity index (χ4v) is 4.02. The van der Waals surface area contributed by atoms with Crippen molar-refractivity contribution in [2.45, 2.75) is 17.9 Å². The highest BCUT2D eigenvalue weighted by Gasteiger charge is 2.29. The van der Waals surface area contributed by atoms with E-state index < -0.39 is 33.8 Å². The summed E-state index contributed by atoms with van der Waals surface area (Å²) in [4.78, 5) is 25.5. The number of nitrogens with two attached hydrogens (primary N) is 1. The first-order valence-electron chi connectivity index (χ1n) is 8.77. The third kappa shape index (κ3) is 4.54. The Morgan fingerprint density at radius 2 is 1.97 bits per heavy atom. The van der Waals surface area contributed by atoms with Crippen molar-refractivity contribution in [3.05, 3.63) is 59.4 Å². The first-order valence-corrected chi connectivity index (χ1v) is 10.3. The number of primary amides is 1. The Morgan fingerprint density at radius 3 is 2.66 bits per heavy atom. The number of carbonyl (C=O) groups excluding carboxylic acids is 2. The number of rotatable bonds is 5. The smallest absolute Gasteiger partial charge is 0.262 e. The highest BCUT2D eigenvalue weighted by Crippen LogP contribution is 2.22. The lowest BCUT2D eigenvalue weighted by Crippen LogP contribution is -2.50. The van der Waals surface area contributed by atoms with Crippen molar-refractivity contribution < 1.29 is 27.1 Å². The van der Waals surface area contributed by atoms with E-state index in [-0.39, 0.29) is 35.8 Å². The van der Waals surface area contributed by atoms with E-state index in [1.165, 1.54) is 41.3 Å². The zero-order valence-electron chi connectivity index (χ0n) is 15.6. The lowest BCUT2D eigenvalue weighted by molar-refractivity contribution is -0.133. The van der Waals surface area contributed by atoms with Gasteiger partial charge in [-0.05, 0) is 36.8 Å². The van der Waals surface area contributed by atoms with Crippen LogP contribution in [0.25, 0.3) is 0 Å². The number of para-hydroxylation sites is 1. The van der Waals surface area contributed by atoms with Gasteiger partial charge in [0.05, 0.1) is 23.7 Å². The molecular formula is C19H20FN3O5S. The van der Waals surface area contributed by atoms with Crippen LogP contribution >= 0.6 is 0 Å². The van der Waals surface area contributed by atoms with E-state index in [4.69, 9.17) is 10.5 Å². The molecule has 1 saturated heterocycles. The number of ether oxygens (including phenoxy) is 1. The normalized spacial score (nSPS) is 17.0. The highest BCUT2D eigenvalue weighted by atomic mass is 32.2. The number of morpholine rings is 1. The zero-order valence-corrected chi connectivity index (χ0v) is 16.4. The Hall–Kier alpha value is -2.98. The quantitative estimate of drug-likeness (QED) is 0.753. The molecule has 1 unspecified atom stereocenters. The minimum absolute atomic E-state index is 0.0158. The summed E-state index contributed by atoms with van der Waals surface area (Å²) in [7, 11) is -4.12. The second-order valence-corrected chi connectivity index (χ2v) is 8.26. The molecule has 0 saturated carbocycles. The number of carbonyl (C=O) groups is 2. The molecule has 2 amide bonds. The molecule has 0 spiro atoms. The van der Waals surface area contributed by atoms with Crippen molar-refractivity contribution >= 4 is 27.5 Å². The number of benzene rings is 2. The molecule has 0 bridgehead atoms. The summed E-state index contributed by atoms with van der Waals surface area (Å²) in [6, 6.07) is 9.43. The van der Waals surface area contributed by atoms with Crippen molar-refractivity contribution in [2.24, 2.45) is 5.73 Å². The number of halogens is 1. The van der Waals surface area contributed by atoms with E-state index in [1.807, 2.05) is 0 Å². The largest absolute Gasteiger partial charge is 0.367 e. The molecule has 0 aliphatic carbocycles. The Balaban J connectivity index is 1.88. The van der Waals surface area contributed by atoms with E-state index in [0.717, 1.165) is 6.07 Å². The number of hydrogen-bond donors (Lipinski definition) is 2. The monoisotopic (exact) mass is 421 g/mol. The van der Waals surface area contributed by atoms with Gasteiger partial charge in [-0.25, -0.2) is 12.8 Å². The molecule has 1 fully saturated rings. The highest BCUT2D eigenvalue weighted by molar-refractivity contribution is 7.92. The van der Waals surface area contributed by atoms with Crippen LogP contribution in [0.1, 0.15) is 15.9 Å². The van der Waals surface area contributed by atoms with Crippen molar-refractivity contribution in [3.8, 4) is 0 Å². The predicted molar refractivity (Wildman–Crippen MR) is 103 cm³/mol. The Morgan fingerprint density at radius 1 is 1.24 bits per heavy atom. The molecular weight excluding hydrogens is 401 g/mol. The van der Waals surface area contributed by atoms with E-state index in [0.29, 0.717) is 5.56 Å². The summed E-state index contributed by atoms with van der Waals surface area (Å²) in [5, 5.41) is 0. The lowest BCUT2D eigenvalue weighted by Gasteiger charge is -2.31. The van der Waals surface area contributed by atoms with Crippen molar-refractivity contribution in [1.82, 2.24) is 4.90 Å². The minimum atomic E-state index is -4.12. The van der Waals surface area contributed by atoms with Crippen LogP contribution in [0.4, 0.5) is 10.1 Å². The van der Waals surface area contributed by atoms with Crippen LogP contribution in [0.15, 0.2) is 47.4 Å². The number of anilines is 1. The van der Waals surface area contributed by atoms with Gasteiger partial charge in [0.25, 0.3) is 15.9 Å². The van der Waals surface area contributed by atoms with E-state index >= 15 is 0 Å². The van der Waals surface area contributed by atoms with Crippen LogP contribution in [0.2, 0.25) is 0 Å². The van der Waals surface area contributed by atoms with Crippen molar-refractivity contribution in [2.75, 3.05) is 24.4 Å². The summed E-state index contributed by atoms with van der Waals surface area (Å²) in [6.07, 6.45) is -0.914. The Labute approximate surface area is 167 Å². The molecule has 1 aliphatic rings. The summed E-state index contributed by atoms with van der Waals surface area (Å²) >= 11 is 0. The second-order valence-electron chi connectivity index (χ2n) is 6.58.